The van der Waals surface area contributed by atoms with E-state index in [0.717, 1.165) is 12.8 Å². The Morgan fingerprint density at radius 2 is 1.52 bits per heavy atom. The number of aryl methyl sites for hydroxylation is 2. The molecule has 0 atom stereocenters. The summed E-state index contributed by atoms with van der Waals surface area (Å²) in [5.41, 5.74) is 2.63. The van der Waals surface area contributed by atoms with Crippen LogP contribution in [-0.2, 0) is 17.6 Å². The number of hydrogen-bond acceptors (Lipinski definition) is 1. The average Bonchev–Trinajstić information content (AvgIpc) is 2.47. The maximum atomic E-state index is 10.6. The third-order valence-electron chi connectivity index (χ3n) is 3.89. The van der Waals surface area contributed by atoms with Crippen LogP contribution in [0.4, 0.5) is 0 Å². The number of unbranched alkanes of at least 4 members (excludes halogenated alkanes) is 2. The van der Waals surface area contributed by atoms with Crippen molar-refractivity contribution in [1.29, 1.82) is 0 Å². The van der Waals surface area contributed by atoms with Gasteiger partial charge in [0.15, 0.2) is 0 Å². The summed E-state index contributed by atoms with van der Waals surface area (Å²) in [7, 11) is 0. The highest BCUT2D eigenvalue weighted by Crippen LogP contribution is 2.20. The molecule has 112 valence electrons. The topological polar surface area (TPSA) is 37.3 Å². The van der Waals surface area contributed by atoms with Crippen LogP contribution in [0.25, 0.3) is 10.8 Å². The van der Waals surface area contributed by atoms with E-state index in [1.54, 1.807) is 0 Å². The van der Waals surface area contributed by atoms with Crippen molar-refractivity contribution in [3.05, 3.63) is 47.5 Å². The number of carbonyl (C=O) groups is 1. The van der Waals surface area contributed by atoms with E-state index >= 15 is 0 Å². The van der Waals surface area contributed by atoms with Crippen molar-refractivity contribution >= 4 is 16.7 Å². The summed E-state index contributed by atoms with van der Waals surface area (Å²) in [6, 6.07) is 13.2. The molecule has 0 bridgehead atoms. The van der Waals surface area contributed by atoms with Gasteiger partial charge >= 0.3 is 5.97 Å². The Bertz CT molecular complexity index is 602. The van der Waals surface area contributed by atoms with Crippen molar-refractivity contribution < 1.29 is 9.90 Å². The van der Waals surface area contributed by atoms with Gasteiger partial charge in [0, 0.05) is 6.42 Å². The van der Waals surface area contributed by atoms with E-state index in [4.69, 9.17) is 5.11 Å². The molecule has 0 saturated carbocycles. The third kappa shape index (κ3) is 4.89. The quantitative estimate of drug-likeness (QED) is 0.694. The second-order valence-electron chi connectivity index (χ2n) is 5.72. The van der Waals surface area contributed by atoms with E-state index < -0.39 is 5.97 Å². The lowest BCUT2D eigenvalue weighted by atomic mass is 9.99. The minimum Gasteiger partial charge on any atom is -0.481 e. The van der Waals surface area contributed by atoms with Crippen LogP contribution in [-0.4, -0.2) is 11.1 Å². The molecule has 0 aliphatic heterocycles. The van der Waals surface area contributed by atoms with Gasteiger partial charge in [0.2, 0.25) is 0 Å². The SMILES string of the molecule is CCCCCc1ccc2ccc(CCCC(=O)O)cc2c1. The van der Waals surface area contributed by atoms with Crippen LogP contribution in [0.3, 0.4) is 0 Å². The zero-order valence-electron chi connectivity index (χ0n) is 12.8. The molecule has 0 amide bonds. The van der Waals surface area contributed by atoms with Crippen molar-refractivity contribution in [3.63, 3.8) is 0 Å². The van der Waals surface area contributed by atoms with Crippen molar-refractivity contribution in [3.8, 4) is 0 Å². The number of carboxylic acids is 1. The third-order valence-corrected chi connectivity index (χ3v) is 3.89. The second kappa shape index (κ2) is 7.82. The van der Waals surface area contributed by atoms with Gasteiger partial charge in [-0.2, -0.15) is 0 Å². The fraction of sp³-hybridized carbons (Fsp3) is 0.421. The fourth-order valence-electron chi connectivity index (χ4n) is 2.68. The Morgan fingerprint density at radius 1 is 0.905 bits per heavy atom. The monoisotopic (exact) mass is 284 g/mol. The number of fused-ring (bicyclic) bond motifs is 1. The molecule has 2 aromatic rings. The van der Waals surface area contributed by atoms with E-state index in [0.29, 0.717) is 6.42 Å². The number of carboxylic acid groups (broad SMARTS) is 1. The molecule has 0 unspecified atom stereocenters. The predicted octanol–water partition coefficient (Wildman–Crippen LogP) is 4.98. The zero-order chi connectivity index (χ0) is 15.1. The van der Waals surface area contributed by atoms with Gasteiger partial charge in [-0.05, 0) is 47.6 Å². The molecular formula is C19H24O2. The molecule has 0 aromatic heterocycles. The van der Waals surface area contributed by atoms with Gasteiger partial charge in [-0.3, -0.25) is 4.79 Å². The Kier molecular flexibility index (Phi) is 5.79. The minimum atomic E-state index is -0.714. The van der Waals surface area contributed by atoms with Gasteiger partial charge in [-0.25, -0.2) is 0 Å². The van der Waals surface area contributed by atoms with Crippen molar-refractivity contribution in [2.24, 2.45) is 0 Å². The molecule has 2 rings (SSSR count). The normalized spacial score (nSPS) is 10.9. The summed E-state index contributed by atoms with van der Waals surface area (Å²) >= 11 is 0. The zero-order valence-corrected chi connectivity index (χ0v) is 12.8. The number of hydrogen-bond donors (Lipinski definition) is 1. The van der Waals surface area contributed by atoms with Crippen LogP contribution in [0, 0.1) is 0 Å². The molecule has 0 saturated heterocycles. The van der Waals surface area contributed by atoms with Gasteiger partial charge in [-0.15, -0.1) is 0 Å². The maximum absolute atomic E-state index is 10.6. The molecule has 0 aliphatic carbocycles. The first-order valence-corrected chi connectivity index (χ1v) is 7.92. The smallest absolute Gasteiger partial charge is 0.303 e. The summed E-state index contributed by atoms with van der Waals surface area (Å²) in [5, 5.41) is 11.2. The predicted molar refractivity (Wildman–Crippen MR) is 87.8 cm³/mol. The number of aliphatic carboxylic acids is 1. The van der Waals surface area contributed by atoms with Crippen LogP contribution in [0.5, 0.6) is 0 Å². The van der Waals surface area contributed by atoms with Crippen LogP contribution >= 0.6 is 0 Å². The van der Waals surface area contributed by atoms with Crippen molar-refractivity contribution in [2.45, 2.75) is 51.9 Å². The summed E-state index contributed by atoms with van der Waals surface area (Å²) in [6.07, 6.45) is 6.72. The van der Waals surface area contributed by atoms with Gasteiger partial charge in [-0.1, -0.05) is 56.2 Å². The summed E-state index contributed by atoms with van der Waals surface area (Å²) < 4.78 is 0. The number of benzene rings is 2. The van der Waals surface area contributed by atoms with Crippen LogP contribution in [0.2, 0.25) is 0 Å². The minimum absolute atomic E-state index is 0.245. The highest BCUT2D eigenvalue weighted by atomic mass is 16.4. The largest absolute Gasteiger partial charge is 0.481 e. The highest BCUT2D eigenvalue weighted by Gasteiger charge is 2.01. The molecule has 0 spiro atoms. The van der Waals surface area contributed by atoms with E-state index in [9.17, 15) is 4.79 Å². The van der Waals surface area contributed by atoms with Crippen LogP contribution in [0.1, 0.15) is 50.2 Å². The molecule has 2 heteroatoms. The van der Waals surface area contributed by atoms with E-state index in [-0.39, 0.29) is 6.42 Å². The van der Waals surface area contributed by atoms with E-state index in [1.807, 2.05) is 0 Å². The van der Waals surface area contributed by atoms with Crippen molar-refractivity contribution in [2.75, 3.05) is 0 Å². The first kappa shape index (κ1) is 15.6. The van der Waals surface area contributed by atoms with Crippen molar-refractivity contribution in [1.82, 2.24) is 0 Å². The Morgan fingerprint density at radius 3 is 2.10 bits per heavy atom. The Balaban J connectivity index is 2.06. The van der Waals surface area contributed by atoms with Crippen LogP contribution < -0.4 is 0 Å². The number of rotatable bonds is 8. The Hall–Kier alpha value is -1.83. The van der Waals surface area contributed by atoms with Gasteiger partial charge in [0.1, 0.15) is 0 Å². The van der Waals surface area contributed by atoms with Gasteiger partial charge in [0.25, 0.3) is 0 Å². The molecule has 0 heterocycles. The average molecular weight is 284 g/mol. The van der Waals surface area contributed by atoms with Gasteiger partial charge in [0.05, 0.1) is 0 Å². The Labute approximate surface area is 126 Å². The van der Waals surface area contributed by atoms with Crippen LogP contribution in [0.15, 0.2) is 36.4 Å². The molecule has 21 heavy (non-hydrogen) atoms. The first-order chi connectivity index (χ1) is 10.2. The lowest BCUT2D eigenvalue weighted by Gasteiger charge is -2.06. The lowest BCUT2D eigenvalue weighted by molar-refractivity contribution is -0.137. The molecule has 0 radical (unpaired) electrons. The first-order valence-electron chi connectivity index (χ1n) is 7.92. The molecular weight excluding hydrogens is 260 g/mol. The summed E-state index contributed by atoms with van der Waals surface area (Å²) in [6.45, 7) is 2.23. The lowest BCUT2D eigenvalue weighted by Crippen LogP contribution is -1.95. The molecule has 0 fully saturated rings. The van der Waals surface area contributed by atoms with E-state index in [1.165, 1.54) is 41.2 Å². The fourth-order valence-corrected chi connectivity index (χ4v) is 2.68. The molecule has 1 N–H and O–H groups in total. The molecule has 2 aromatic carbocycles. The highest BCUT2D eigenvalue weighted by molar-refractivity contribution is 5.83. The summed E-state index contributed by atoms with van der Waals surface area (Å²) in [5.74, 6) is -0.714. The maximum Gasteiger partial charge on any atom is 0.303 e. The van der Waals surface area contributed by atoms with E-state index in [2.05, 4.69) is 43.3 Å². The van der Waals surface area contributed by atoms with Gasteiger partial charge < -0.3 is 5.11 Å². The molecule has 0 aliphatic rings. The second-order valence-corrected chi connectivity index (χ2v) is 5.72. The standard InChI is InChI=1S/C19H24O2/c1-2-3-4-6-15-9-11-17-12-10-16(14-18(17)13-15)7-5-8-19(20)21/h9-14H,2-8H2,1H3,(H,20,21). The summed E-state index contributed by atoms with van der Waals surface area (Å²) in [4.78, 5) is 10.6. The molecule has 2 nitrogen and oxygen atoms in total.